The van der Waals surface area contributed by atoms with Gasteiger partial charge in [-0.05, 0) is 38.3 Å². The van der Waals surface area contributed by atoms with Crippen LogP contribution in [0.5, 0.6) is 0 Å². The van der Waals surface area contributed by atoms with Crippen LogP contribution in [0, 0.1) is 17.2 Å². The maximum absolute atomic E-state index is 9.23. The van der Waals surface area contributed by atoms with E-state index in [0.29, 0.717) is 0 Å². The molecule has 15 heavy (non-hydrogen) atoms. The zero-order valence-corrected chi connectivity index (χ0v) is 9.62. The van der Waals surface area contributed by atoms with E-state index in [0.717, 1.165) is 25.4 Å². The van der Waals surface area contributed by atoms with E-state index in [2.05, 4.69) is 11.0 Å². The normalized spacial score (nSPS) is 26.3. The molecule has 2 fully saturated rings. The lowest BCUT2D eigenvalue weighted by atomic mass is 9.85. The van der Waals surface area contributed by atoms with Crippen LogP contribution in [0.15, 0.2) is 0 Å². The lowest BCUT2D eigenvalue weighted by molar-refractivity contribution is 0.224. The molecule has 2 nitrogen and oxygen atoms in total. The third-order valence-electron chi connectivity index (χ3n) is 4.01. The van der Waals surface area contributed by atoms with E-state index in [1.54, 1.807) is 0 Å². The van der Waals surface area contributed by atoms with Crippen molar-refractivity contribution in [3.63, 3.8) is 0 Å². The van der Waals surface area contributed by atoms with Crippen molar-refractivity contribution in [2.45, 2.75) is 57.4 Å². The Balaban J connectivity index is 1.81. The fourth-order valence-corrected chi connectivity index (χ4v) is 3.08. The van der Waals surface area contributed by atoms with Crippen molar-refractivity contribution in [3.8, 4) is 6.07 Å². The third kappa shape index (κ3) is 2.95. The molecule has 0 amide bonds. The van der Waals surface area contributed by atoms with Gasteiger partial charge in [0.1, 0.15) is 0 Å². The summed E-state index contributed by atoms with van der Waals surface area (Å²) in [4.78, 5) is 2.40. The van der Waals surface area contributed by atoms with Gasteiger partial charge in [-0.15, -0.1) is 0 Å². The highest BCUT2D eigenvalue weighted by Crippen LogP contribution is 2.29. The largest absolute Gasteiger partial charge is 0.288 e. The Morgan fingerprint density at radius 3 is 2.33 bits per heavy atom. The van der Waals surface area contributed by atoms with Crippen LogP contribution in [-0.2, 0) is 0 Å². The topological polar surface area (TPSA) is 27.0 Å². The monoisotopic (exact) mass is 206 g/mol. The molecule has 1 aliphatic heterocycles. The van der Waals surface area contributed by atoms with E-state index in [1.807, 2.05) is 0 Å². The van der Waals surface area contributed by atoms with Gasteiger partial charge < -0.3 is 0 Å². The molecule has 0 spiro atoms. The van der Waals surface area contributed by atoms with Gasteiger partial charge in [0, 0.05) is 0 Å². The highest BCUT2D eigenvalue weighted by molar-refractivity contribution is 4.95. The first-order valence-electron chi connectivity index (χ1n) is 6.54. The van der Waals surface area contributed by atoms with Gasteiger partial charge in [0.25, 0.3) is 0 Å². The third-order valence-corrected chi connectivity index (χ3v) is 4.01. The number of hydrogen-bond donors (Lipinski definition) is 0. The Hall–Kier alpha value is -0.550. The fraction of sp³-hybridized carbons (Fsp3) is 0.923. The predicted molar refractivity (Wildman–Crippen MR) is 61.4 cm³/mol. The Labute approximate surface area is 93.3 Å². The summed E-state index contributed by atoms with van der Waals surface area (Å²) in [6.07, 6.45) is 10.7. The molecule has 0 radical (unpaired) electrons. The summed E-state index contributed by atoms with van der Waals surface area (Å²) >= 11 is 0. The lowest BCUT2D eigenvalue weighted by Crippen LogP contribution is -2.33. The van der Waals surface area contributed by atoms with Crippen LogP contribution in [0.4, 0.5) is 0 Å². The molecule has 2 rings (SSSR count). The van der Waals surface area contributed by atoms with Crippen LogP contribution < -0.4 is 0 Å². The average molecular weight is 206 g/mol. The summed E-state index contributed by atoms with van der Waals surface area (Å²) in [7, 11) is 0. The summed E-state index contributed by atoms with van der Waals surface area (Å²) in [5, 5.41) is 9.23. The molecule has 0 bridgehead atoms. The highest BCUT2D eigenvalue weighted by atomic mass is 15.2. The Kier molecular flexibility index (Phi) is 4.02. The van der Waals surface area contributed by atoms with Crippen LogP contribution in [0.1, 0.15) is 51.4 Å². The average Bonchev–Trinajstić information content (AvgIpc) is 2.81. The molecule has 1 heterocycles. The van der Waals surface area contributed by atoms with Gasteiger partial charge in [-0.1, -0.05) is 32.1 Å². The van der Waals surface area contributed by atoms with Crippen LogP contribution in [0.25, 0.3) is 0 Å². The molecule has 2 heteroatoms. The Morgan fingerprint density at radius 2 is 1.73 bits per heavy atom. The van der Waals surface area contributed by atoms with E-state index < -0.39 is 0 Å². The van der Waals surface area contributed by atoms with Crippen molar-refractivity contribution in [2.75, 3.05) is 13.1 Å². The fourth-order valence-electron chi connectivity index (χ4n) is 3.08. The summed E-state index contributed by atoms with van der Waals surface area (Å²) < 4.78 is 0. The molecule has 1 saturated carbocycles. The molecule has 2 aliphatic rings. The first kappa shape index (κ1) is 11.0. The van der Waals surface area contributed by atoms with Crippen LogP contribution in [0.2, 0.25) is 0 Å². The number of hydrogen-bond acceptors (Lipinski definition) is 2. The number of rotatable bonds is 3. The maximum atomic E-state index is 9.23. The molecule has 84 valence electrons. The predicted octanol–water partition coefficient (Wildman–Crippen LogP) is 2.94. The van der Waals surface area contributed by atoms with E-state index >= 15 is 0 Å². The van der Waals surface area contributed by atoms with Crippen LogP contribution in [0.3, 0.4) is 0 Å². The minimum Gasteiger partial charge on any atom is -0.288 e. The summed E-state index contributed by atoms with van der Waals surface area (Å²) in [6.45, 7) is 2.32. The van der Waals surface area contributed by atoms with E-state index in [1.165, 1.54) is 44.9 Å². The number of nitriles is 1. The van der Waals surface area contributed by atoms with Gasteiger partial charge >= 0.3 is 0 Å². The molecular formula is C13H22N2. The lowest BCUT2D eigenvalue weighted by Gasteiger charge is -2.28. The van der Waals surface area contributed by atoms with E-state index in [-0.39, 0.29) is 6.04 Å². The first-order chi connectivity index (χ1) is 7.40. The first-order valence-corrected chi connectivity index (χ1v) is 6.54. The highest BCUT2D eigenvalue weighted by Gasteiger charge is 2.25. The molecular weight excluding hydrogens is 184 g/mol. The SMILES string of the molecule is N#CC(CC1CCCCC1)N1CCCC1. The number of nitrogens with zero attached hydrogens (tertiary/aromatic N) is 2. The summed E-state index contributed by atoms with van der Waals surface area (Å²) in [5.41, 5.74) is 0. The van der Waals surface area contributed by atoms with Gasteiger partial charge in [0.2, 0.25) is 0 Å². The Morgan fingerprint density at radius 1 is 1.07 bits per heavy atom. The van der Waals surface area contributed by atoms with Crippen molar-refractivity contribution in [3.05, 3.63) is 0 Å². The summed E-state index contributed by atoms with van der Waals surface area (Å²) in [6, 6.07) is 2.74. The molecule has 0 aromatic carbocycles. The van der Waals surface area contributed by atoms with Crippen molar-refractivity contribution in [1.82, 2.24) is 4.90 Å². The molecule has 1 unspecified atom stereocenters. The molecule has 0 aromatic heterocycles. The smallest absolute Gasteiger partial charge is 0.0980 e. The minimum atomic E-state index is 0.218. The molecule has 0 N–H and O–H groups in total. The molecule has 1 atom stereocenters. The van der Waals surface area contributed by atoms with Gasteiger partial charge in [0.15, 0.2) is 0 Å². The zero-order valence-electron chi connectivity index (χ0n) is 9.62. The standard InChI is InChI=1S/C13H22N2/c14-11-13(15-8-4-5-9-15)10-12-6-2-1-3-7-12/h12-13H,1-10H2. The Bertz CT molecular complexity index is 219. The van der Waals surface area contributed by atoms with Crippen molar-refractivity contribution < 1.29 is 0 Å². The van der Waals surface area contributed by atoms with Gasteiger partial charge in [-0.3, -0.25) is 4.90 Å². The van der Waals surface area contributed by atoms with Gasteiger partial charge in [-0.2, -0.15) is 5.26 Å². The molecule has 1 aliphatic carbocycles. The van der Waals surface area contributed by atoms with Gasteiger partial charge in [-0.25, -0.2) is 0 Å². The van der Waals surface area contributed by atoms with Crippen molar-refractivity contribution in [1.29, 1.82) is 5.26 Å². The van der Waals surface area contributed by atoms with Gasteiger partial charge in [0.05, 0.1) is 12.1 Å². The molecule has 0 aromatic rings. The second kappa shape index (κ2) is 5.51. The maximum Gasteiger partial charge on any atom is 0.0980 e. The minimum absolute atomic E-state index is 0.218. The second-order valence-corrected chi connectivity index (χ2v) is 5.13. The van der Waals surface area contributed by atoms with Crippen molar-refractivity contribution >= 4 is 0 Å². The zero-order chi connectivity index (χ0) is 10.5. The number of likely N-dealkylation sites (tertiary alicyclic amines) is 1. The molecule has 1 saturated heterocycles. The summed E-state index contributed by atoms with van der Waals surface area (Å²) in [5.74, 6) is 0.837. The van der Waals surface area contributed by atoms with Crippen molar-refractivity contribution in [2.24, 2.45) is 5.92 Å². The van der Waals surface area contributed by atoms with E-state index in [4.69, 9.17) is 0 Å². The van der Waals surface area contributed by atoms with Crippen LogP contribution >= 0.6 is 0 Å². The second-order valence-electron chi connectivity index (χ2n) is 5.13. The van der Waals surface area contributed by atoms with E-state index in [9.17, 15) is 5.26 Å². The van der Waals surface area contributed by atoms with Crippen LogP contribution in [-0.4, -0.2) is 24.0 Å². The quantitative estimate of drug-likeness (QED) is 0.710.